The van der Waals surface area contributed by atoms with Crippen molar-refractivity contribution in [3.05, 3.63) is 35.9 Å². The SMILES string of the molecule is CC(C)(C)OC(=O)NC(CSCc1ccccc1)C(=O)[O-]. The molecule has 21 heavy (non-hydrogen) atoms. The van der Waals surface area contributed by atoms with Crippen molar-refractivity contribution in [2.75, 3.05) is 5.75 Å². The molecular weight excluding hydrogens is 290 g/mol. The second-order valence-electron chi connectivity index (χ2n) is 5.52. The van der Waals surface area contributed by atoms with Gasteiger partial charge in [0.25, 0.3) is 0 Å². The highest BCUT2D eigenvalue weighted by Gasteiger charge is 2.20. The van der Waals surface area contributed by atoms with Gasteiger partial charge >= 0.3 is 6.09 Å². The Labute approximate surface area is 129 Å². The minimum atomic E-state index is -1.32. The lowest BCUT2D eigenvalue weighted by molar-refractivity contribution is -0.307. The van der Waals surface area contributed by atoms with Gasteiger partial charge in [0, 0.05) is 11.5 Å². The van der Waals surface area contributed by atoms with Gasteiger partial charge in [0.2, 0.25) is 0 Å². The first-order chi connectivity index (χ1) is 9.78. The summed E-state index contributed by atoms with van der Waals surface area (Å²) in [5, 5.41) is 13.4. The number of hydrogen-bond donors (Lipinski definition) is 1. The van der Waals surface area contributed by atoms with Crippen LogP contribution in [0.3, 0.4) is 0 Å². The molecule has 1 amide bonds. The molecule has 0 heterocycles. The fourth-order valence-corrected chi connectivity index (χ4v) is 2.49. The molecule has 116 valence electrons. The number of carbonyl (C=O) groups excluding carboxylic acids is 2. The van der Waals surface area contributed by atoms with Crippen molar-refractivity contribution >= 4 is 23.8 Å². The summed E-state index contributed by atoms with van der Waals surface area (Å²) >= 11 is 1.41. The molecule has 6 heteroatoms. The quantitative estimate of drug-likeness (QED) is 0.862. The van der Waals surface area contributed by atoms with E-state index in [0.717, 1.165) is 5.56 Å². The van der Waals surface area contributed by atoms with E-state index in [2.05, 4.69) is 5.32 Å². The van der Waals surface area contributed by atoms with Gasteiger partial charge in [-0.15, -0.1) is 0 Å². The van der Waals surface area contributed by atoms with Crippen LogP contribution in [-0.2, 0) is 15.3 Å². The van der Waals surface area contributed by atoms with Crippen molar-refractivity contribution in [1.82, 2.24) is 5.32 Å². The number of thioether (sulfide) groups is 1. The third-order valence-corrected chi connectivity index (χ3v) is 3.48. The predicted octanol–water partition coefficient (Wildman–Crippen LogP) is 1.56. The maximum atomic E-state index is 11.6. The van der Waals surface area contributed by atoms with Gasteiger partial charge in [-0.2, -0.15) is 11.8 Å². The second-order valence-corrected chi connectivity index (χ2v) is 6.55. The molecule has 0 aliphatic carbocycles. The van der Waals surface area contributed by atoms with E-state index in [1.54, 1.807) is 20.8 Å². The van der Waals surface area contributed by atoms with Crippen LogP contribution in [0.1, 0.15) is 26.3 Å². The highest BCUT2D eigenvalue weighted by molar-refractivity contribution is 7.98. The summed E-state index contributed by atoms with van der Waals surface area (Å²) < 4.78 is 5.03. The molecule has 1 atom stereocenters. The topological polar surface area (TPSA) is 78.5 Å². The van der Waals surface area contributed by atoms with E-state index in [-0.39, 0.29) is 5.75 Å². The van der Waals surface area contributed by atoms with Crippen LogP contribution in [0.4, 0.5) is 4.79 Å². The lowest BCUT2D eigenvalue weighted by Gasteiger charge is -2.24. The Balaban J connectivity index is 2.43. The number of nitrogens with one attached hydrogen (secondary N) is 1. The minimum Gasteiger partial charge on any atom is -0.548 e. The second kappa shape index (κ2) is 7.93. The molecular formula is C15H20NO4S-. The van der Waals surface area contributed by atoms with Crippen LogP contribution >= 0.6 is 11.8 Å². The predicted molar refractivity (Wildman–Crippen MR) is 80.8 cm³/mol. The number of hydrogen-bond acceptors (Lipinski definition) is 5. The van der Waals surface area contributed by atoms with E-state index >= 15 is 0 Å². The molecule has 0 aliphatic heterocycles. The smallest absolute Gasteiger partial charge is 0.408 e. The molecule has 0 aliphatic rings. The normalized spacial score (nSPS) is 12.5. The zero-order valence-electron chi connectivity index (χ0n) is 12.4. The first-order valence-electron chi connectivity index (χ1n) is 6.60. The van der Waals surface area contributed by atoms with Crippen molar-refractivity contribution in [2.45, 2.75) is 38.2 Å². The highest BCUT2D eigenvalue weighted by Crippen LogP contribution is 2.13. The van der Waals surface area contributed by atoms with Crippen LogP contribution in [0.25, 0.3) is 0 Å². The summed E-state index contributed by atoms with van der Waals surface area (Å²) in [7, 11) is 0. The zero-order valence-corrected chi connectivity index (χ0v) is 13.2. The van der Waals surface area contributed by atoms with Gasteiger partial charge in [-0.05, 0) is 26.3 Å². The van der Waals surface area contributed by atoms with Crippen LogP contribution in [-0.4, -0.2) is 29.5 Å². The fourth-order valence-electron chi connectivity index (χ4n) is 1.49. The lowest BCUT2D eigenvalue weighted by Crippen LogP contribution is -2.50. The summed E-state index contributed by atoms with van der Waals surface area (Å²) in [5.74, 6) is -0.432. The van der Waals surface area contributed by atoms with E-state index in [1.165, 1.54) is 11.8 Å². The van der Waals surface area contributed by atoms with Gasteiger partial charge < -0.3 is 20.0 Å². The largest absolute Gasteiger partial charge is 0.548 e. The minimum absolute atomic E-state index is 0.219. The lowest BCUT2D eigenvalue weighted by atomic mass is 10.2. The molecule has 0 fully saturated rings. The Kier molecular flexibility index (Phi) is 6.55. The molecule has 0 spiro atoms. The van der Waals surface area contributed by atoms with E-state index in [4.69, 9.17) is 4.74 Å². The molecule has 0 saturated heterocycles. The average molecular weight is 310 g/mol. The Morgan fingerprint density at radius 1 is 1.29 bits per heavy atom. The number of rotatable bonds is 6. The molecule has 1 unspecified atom stereocenters. The van der Waals surface area contributed by atoms with Crippen molar-refractivity contribution < 1.29 is 19.4 Å². The summed E-state index contributed by atoms with van der Waals surface area (Å²) in [5.41, 5.74) is 0.425. The van der Waals surface area contributed by atoms with Crippen LogP contribution in [0.15, 0.2) is 30.3 Å². The number of alkyl carbamates (subject to hydrolysis) is 1. The number of aliphatic carboxylic acids is 1. The molecule has 1 N–H and O–H groups in total. The maximum absolute atomic E-state index is 11.6. The maximum Gasteiger partial charge on any atom is 0.408 e. The summed E-state index contributed by atoms with van der Waals surface area (Å²) in [6, 6.07) is 8.61. The van der Waals surface area contributed by atoms with E-state index in [1.807, 2.05) is 30.3 Å². The van der Waals surface area contributed by atoms with Gasteiger partial charge in [0.15, 0.2) is 0 Å². The fraction of sp³-hybridized carbons (Fsp3) is 0.467. The Morgan fingerprint density at radius 2 is 1.90 bits per heavy atom. The van der Waals surface area contributed by atoms with E-state index < -0.39 is 23.7 Å². The summed E-state index contributed by atoms with van der Waals surface area (Å²) in [4.78, 5) is 22.6. The van der Waals surface area contributed by atoms with Crippen LogP contribution in [0, 0.1) is 0 Å². The van der Waals surface area contributed by atoms with Gasteiger partial charge in [-0.3, -0.25) is 0 Å². The summed E-state index contributed by atoms with van der Waals surface area (Å²) in [6.45, 7) is 5.14. The molecule has 1 rings (SSSR count). The monoisotopic (exact) mass is 310 g/mol. The number of carbonyl (C=O) groups is 2. The molecule has 0 bridgehead atoms. The first kappa shape index (κ1) is 17.4. The molecule has 5 nitrogen and oxygen atoms in total. The average Bonchev–Trinajstić information content (AvgIpc) is 2.36. The summed E-state index contributed by atoms with van der Waals surface area (Å²) in [6.07, 6.45) is -0.753. The number of carboxylic acid groups (broad SMARTS) is 1. The third-order valence-electron chi connectivity index (χ3n) is 2.37. The van der Waals surface area contributed by atoms with E-state index in [9.17, 15) is 14.7 Å². The van der Waals surface area contributed by atoms with Gasteiger partial charge in [-0.1, -0.05) is 30.3 Å². The standard InChI is InChI=1S/C15H21NO4S/c1-15(2,3)20-14(19)16-12(13(17)18)10-21-9-11-7-5-4-6-8-11/h4-8,12H,9-10H2,1-3H3,(H,16,19)(H,17,18)/p-1. The Hall–Kier alpha value is -1.69. The number of amides is 1. The molecule has 1 aromatic carbocycles. The van der Waals surface area contributed by atoms with Crippen LogP contribution < -0.4 is 10.4 Å². The number of carboxylic acids is 1. The Morgan fingerprint density at radius 3 is 2.43 bits per heavy atom. The number of benzene rings is 1. The van der Waals surface area contributed by atoms with Gasteiger partial charge in [0.05, 0.1) is 12.0 Å². The van der Waals surface area contributed by atoms with Gasteiger partial charge in [-0.25, -0.2) is 4.79 Å². The van der Waals surface area contributed by atoms with Crippen molar-refractivity contribution in [2.24, 2.45) is 0 Å². The first-order valence-corrected chi connectivity index (χ1v) is 7.75. The molecule has 0 radical (unpaired) electrons. The third kappa shape index (κ3) is 7.60. The molecule has 0 aromatic heterocycles. The van der Waals surface area contributed by atoms with E-state index in [0.29, 0.717) is 5.75 Å². The molecule has 1 aromatic rings. The number of ether oxygens (including phenoxy) is 1. The molecule has 0 saturated carbocycles. The highest BCUT2D eigenvalue weighted by atomic mass is 32.2. The van der Waals surface area contributed by atoms with Crippen molar-refractivity contribution in [3.8, 4) is 0 Å². The Bertz CT molecular complexity index is 470. The van der Waals surface area contributed by atoms with Crippen molar-refractivity contribution in [3.63, 3.8) is 0 Å². The van der Waals surface area contributed by atoms with Crippen LogP contribution in [0.2, 0.25) is 0 Å². The van der Waals surface area contributed by atoms with Gasteiger partial charge in [0.1, 0.15) is 5.60 Å². The van der Waals surface area contributed by atoms with Crippen LogP contribution in [0.5, 0.6) is 0 Å². The van der Waals surface area contributed by atoms with Crippen molar-refractivity contribution in [1.29, 1.82) is 0 Å². The zero-order chi connectivity index (χ0) is 15.9.